The van der Waals surface area contributed by atoms with Crippen LogP contribution < -0.4 is 10.1 Å². The Hall–Kier alpha value is -2.13. The second-order valence-corrected chi connectivity index (χ2v) is 4.23. The Balaban J connectivity index is 2.46. The van der Waals surface area contributed by atoms with E-state index in [-0.39, 0.29) is 5.78 Å². The van der Waals surface area contributed by atoms with Gasteiger partial charge in [0, 0.05) is 11.1 Å². The van der Waals surface area contributed by atoms with E-state index in [1.54, 1.807) is 20.2 Å². The normalized spacial score (nSPS) is 10.2. The van der Waals surface area contributed by atoms with Crippen LogP contribution in [0.25, 0.3) is 11.1 Å². The molecule has 0 fully saturated rings. The summed E-state index contributed by atoms with van der Waals surface area (Å²) in [6.07, 6.45) is 0. The Labute approximate surface area is 113 Å². The molecule has 0 unspecified atom stereocenters. The highest BCUT2D eigenvalue weighted by atomic mass is 16.5. The zero-order valence-corrected chi connectivity index (χ0v) is 11.1. The quantitative estimate of drug-likeness (QED) is 0.835. The third-order valence-electron chi connectivity index (χ3n) is 2.94. The highest BCUT2D eigenvalue weighted by Gasteiger charge is 2.10. The van der Waals surface area contributed by atoms with Gasteiger partial charge in [-0.15, -0.1) is 0 Å². The SMILES string of the molecule is CNCC(=O)c1ccc(OC)c(-c2ccccc2)c1. The van der Waals surface area contributed by atoms with Crippen LogP contribution in [0.5, 0.6) is 5.75 Å². The predicted molar refractivity (Wildman–Crippen MR) is 76.7 cm³/mol. The maximum Gasteiger partial charge on any atom is 0.176 e. The summed E-state index contributed by atoms with van der Waals surface area (Å²) in [5.41, 5.74) is 2.66. The van der Waals surface area contributed by atoms with Crippen LogP contribution in [0, 0.1) is 0 Å². The molecule has 0 radical (unpaired) electrons. The predicted octanol–water partition coefficient (Wildman–Crippen LogP) is 2.76. The van der Waals surface area contributed by atoms with Gasteiger partial charge in [-0.1, -0.05) is 30.3 Å². The second kappa shape index (κ2) is 6.16. The van der Waals surface area contributed by atoms with Gasteiger partial charge in [0.1, 0.15) is 5.75 Å². The highest BCUT2D eigenvalue weighted by Crippen LogP contribution is 2.30. The molecule has 0 saturated carbocycles. The summed E-state index contributed by atoms with van der Waals surface area (Å²) >= 11 is 0. The smallest absolute Gasteiger partial charge is 0.176 e. The van der Waals surface area contributed by atoms with Crippen LogP contribution in [0.3, 0.4) is 0 Å². The van der Waals surface area contributed by atoms with Crippen molar-refractivity contribution < 1.29 is 9.53 Å². The highest BCUT2D eigenvalue weighted by molar-refractivity contribution is 5.99. The number of rotatable bonds is 5. The number of carbonyl (C=O) groups is 1. The van der Waals surface area contributed by atoms with Gasteiger partial charge in [-0.25, -0.2) is 0 Å². The lowest BCUT2D eigenvalue weighted by Gasteiger charge is -2.10. The lowest BCUT2D eigenvalue weighted by molar-refractivity contribution is 0.0993. The minimum absolute atomic E-state index is 0.0716. The van der Waals surface area contributed by atoms with Crippen molar-refractivity contribution in [3.63, 3.8) is 0 Å². The largest absolute Gasteiger partial charge is 0.496 e. The van der Waals surface area contributed by atoms with Crippen LogP contribution in [0.1, 0.15) is 10.4 Å². The van der Waals surface area contributed by atoms with Crippen LogP contribution >= 0.6 is 0 Å². The van der Waals surface area contributed by atoms with Crippen molar-refractivity contribution in [1.82, 2.24) is 5.32 Å². The van der Waals surface area contributed by atoms with E-state index in [2.05, 4.69) is 5.32 Å². The molecule has 98 valence electrons. The molecule has 0 saturated heterocycles. The second-order valence-electron chi connectivity index (χ2n) is 4.23. The molecule has 19 heavy (non-hydrogen) atoms. The molecular formula is C16H17NO2. The molecular weight excluding hydrogens is 238 g/mol. The van der Waals surface area contributed by atoms with E-state index >= 15 is 0 Å². The maximum atomic E-state index is 11.9. The zero-order chi connectivity index (χ0) is 13.7. The summed E-state index contributed by atoms with van der Waals surface area (Å²) in [7, 11) is 3.40. The lowest BCUT2D eigenvalue weighted by atomic mass is 10.00. The molecule has 0 aliphatic heterocycles. The van der Waals surface area contributed by atoms with Crippen LogP contribution in [0.4, 0.5) is 0 Å². The van der Waals surface area contributed by atoms with Gasteiger partial charge in [0.05, 0.1) is 13.7 Å². The molecule has 0 amide bonds. The molecule has 0 aromatic heterocycles. The van der Waals surface area contributed by atoms with Crippen molar-refractivity contribution in [2.45, 2.75) is 0 Å². The Morgan fingerprint density at radius 3 is 2.53 bits per heavy atom. The Bertz CT molecular complexity index is 564. The minimum Gasteiger partial charge on any atom is -0.496 e. The molecule has 2 aromatic rings. The first-order valence-electron chi connectivity index (χ1n) is 6.17. The van der Waals surface area contributed by atoms with E-state index in [9.17, 15) is 4.79 Å². The van der Waals surface area contributed by atoms with Gasteiger partial charge in [0.25, 0.3) is 0 Å². The van der Waals surface area contributed by atoms with Crippen molar-refractivity contribution in [2.75, 3.05) is 20.7 Å². The average Bonchev–Trinajstić information content (AvgIpc) is 2.47. The fourth-order valence-corrected chi connectivity index (χ4v) is 1.99. The number of nitrogens with one attached hydrogen (secondary N) is 1. The molecule has 0 atom stereocenters. The Kier molecular flexibility index (Phi) is 4.31. The number of hydrogen-bond donors (Lipinski definition) is 1. The van der Waals surface area contributed by atoms with E-state index < -0.39 is 0 Å². The summed E-state index contributed by atoms with van der Waals surface area (Å²) in [4.78, 5) is 11.9. The van der Waals surface area contributed by atoms with Crippen LogP contribution in [0.15, 0.2) is 48.5 Å². The summed E-state index contributed by atoms with van der Waals surface area (Å²) in [5.74, 6) is 0.842. The van der Waals surface area contributed by atoms with Gasteiger partial charge >= 0.3 is 0 Å². The molecule has 3 heteroatoms. The van der Waals surface area contributed by atoms with Crippen molar-refractivity contribution in [3.05, 3.63) is 54.1 Å². The molecule has 0 heterocycles. The van der Waals surface area contributed by atoms with E-state index in [0.29, 0.717) is 12.1 Å². The zero-order valence-electron chi connectivity index (χ0n) is 11.1. The number of methoxy groups -OCH3 is 1. The molecule has 0 spiro atoms. The fourth-order valence-electron chi connectivity index (χ4n) is 1.99. The molecule has 3 nitrogen and oxygen atoms in total. The number of hydrogen-bond acceptors (Lipinski definition) is 3. The monoisotopic (exact) mass is 255 g/mol. The molecule has 0 aliphatic rings. The Morgan fingerprint density at radius 1 is 1.16 bits per heavy atom. The fraction of sp³-hybridized carbons (Fsp3) is 0.188. The lowest BCUT2D eigenvalue weighted by Crippen LogP contribution is -2.18. The average molecular weight is 255 g/mol. The summed E-state index contributed by atoms with van der Waals surface area (Å²) < 4.78 is 5.37. The number of ketones is 1. The van der Waals surface area contributed by atoms with Crippen molar-refractivity contribution in [1.29, 1.82) is 0 Å². The number of Topliss-reactive ketones (excluding diaryl/α,β-unsaturated/α-hetero) is 1. The van der Waals surface area contributed by atoms with E-state index in [1.807, 2.05) is 42.5 Å². The molecule has 0 aliphatic carbocycles. The number of likely N-dealkylation sites (N-methyl/N-ethyl adjacent to an activating group) is 1. The topological polar surface area (TPSA) is 38.3 Å². The first-order chi connectivity index (χ1) is 9.26. The third-order valence-corrected chi connectivity index (χ3v) is 2.94. The van der Waals surface area contributed by atoms with E-state index in [0.717, 1.165) is 16.9 Å². The first-order valence-corrected chi connectivity index (χ1v) is 6.17. The molecule has 2 aromatic carbocycles. The molecule has 1 N–H and O–H groups in total. The van der Waals surface area contributed by atoms with E-state index in [4.69, 9.17) is 4.74 Å². The maximum absolute atomic E-state index is 11.9. The molecule has 0 bridgehead atoms. The molecule has 2 rings (SSSR count). The van der Waals surface area contributed by atoms with Crippen molar-refractivity contribution >= 4 is 5.78 Å². The number of ether oxygens (including phenoxy) is 1. The van der Waals surface area contributed by atoms with Gasteiger partial charge in [0.2, 0.25) is 0 Å². The van der Waals surface area contributed by atoms with Crippen molar-refractivity contribution in [2.24, 2.45) is 0 Å². The van der Waals surface area contributed by atoms with Gasteiger partial charge in [-0.2, -0.15) is 0 Å². The van der Waals surface area contributed by atoms with Crippen LogP contribution in [-0.2, 0) is 0 Å². The summed E-state index contributed by atoms with van der Waals surface area (Å²) in [5, 5.41) is 2.87. The first kappa shape index (κ1) is 13.3. The Morgan fingerprint density at radius 2 is 1.89 bits per heavy atom. The standard InChI is InChI=1S/C16H17NO2/c1-17-11-15(18)13-8-9-16(19-2)14(10-13)12-6-4-3-5-7-12/h3-10,17H,11H2,1-2H3. The summed E-state index contributed by atoms with van der Waals surface area (Å²) in [6, 6.07) is 15.4. The van der Waals surface area contributed by atoms with Gasteiger partial charge in [-0.3, -0.25) is 4.79 Å². The van der Waals surface area contributed by atoms with Gasteiger partial charge < -0.3 is 10.1 Å². The van der Waals surface area contributed by atoms with Crippen molar-refractivity contribution in [3.8, 4) is 16.9 Å². The van der Waals surface area contributed by atoms with E-state index in [1.165, 1.54) is 0 Å². The van der Waals surface area contributed by atoms with Gasteiger partial charge in [0.15, 0.2) is 5.78 Å². The minimum atomic E-state index is 0.0716. The van der Waals surface area contributed by atoms with Crippen LogP contribution in [-0.4, -0.2) is 26.5 Å². The summed E-state index contributed by atoms with van der Waals surface area (Å²) in [6.45, 7) is 0.334. The van der Waals surface area contributed by atoms with Gasteiger partial charge in [-0.05, 0) is 30.8 Å². The number of carbonyl (C=O) groups excluding carboxylic acids is 1. The number of benzene rings is 2. The van der Waals surface area contributed by atoms with Crippen LogP contribution in [0.2, 0.25) is 0 Å². The third kappa shape index (κ3) is 3.01.